The predicted molar refractivity (Wildman–Crippen MR) is 170 cm³/mol. The SMILES string of the molecule is C1CCNC1.CC(C)(C)O.Cc1nc2ccc(-c3nc4cc(C)c(CC(=O)O)c(-c5ccc(Cl)cc5)c4s3)cc2[nH]1. The number of aliphatic hydroxyl groups is 1. The van der Waals surface area contributed by atoms with Gasteiger partial charge in [0.1, 0.15) is 10.8 Å². The number of carboxylic acids is 1. The first-order valence-electron chi connectivity index (χ1n) is 13.7. The molecule has 1 fully saturated rings. The average Bonchev–Trinajstić information content (AvgIpc) is 3.65. The Morgan fingerprint density at radius 1 is 0.976 bits per heavy atom. The van der Waals surface area contributed by atoms with Crippen LogP contribution < -0.4 is 5.32 Å². The van der Waals surface area contributed by atoms with Gasteiger partial charge in [-0.05, 0) is 114 Å². The molecule has 1 aliphatic rings. The number of aliphatic carboxylic acids is 1. The fraction of sp³-hybridized carbons (Fsp3) is 0.344. The van der Waals surface area contributed by atoms with E-state index >= 15 is 0 Å². The van der Waals surface area contributed by atoms with Crippen LogP contribution in [0.1, 0.15) is 50.6 Å². The molecule has 1 saturated heterocycles. The number of aromatic amines is 1. The molecule has 7 nitrogen and oxygen atoms in total. The first-order valence-corrected chi connectivity index (χ1v) is 14.9. The second-order valence-corrected chi connectivity index (χ2v) is 12.6. The van der Waals surface area contributed by atoms with E-state index in [1.807, 2.05) is 56.3 Å². The second-order valence-electron chi connectivity index (χ2n) is 11.2. The lowest BCUT2D eigenvalue weighted by molar-refractivity contribution is -0.136. The summed E-state index contributed by atoms with van der Waals surface area (Å²) >= 11 is 7.66. The lowest BCUT2D eigenvalue weighted by Crippen LogP contribution is -2.10. The average molecular weight is 593 g/mol. The molecule has 0 saturated carbocycles. The molecule has 6 rings (SSSR count). The number of imidazole rings is 1. The number of H-pyrrole nitrogens is 1. The molecule has 5 aromatic rings. The fourth-order valence-corrected chi connectivity index (χ4v) is 5.82. The van der Waals surface area contributed by atoms with Crippen LogP contribution >= 0.6 is 22.9 Å². The summed E-state index contributed by atoms with van der Waals surface area (Å²) in [4.78, 5) is 24.2. The van der Waals surface area contributed by atoms with Crippen LogP contribution in [0.15, 0.2) is 48.5 Å². The Hall–Kier alpha value is -3.30. The monoisotopic (exact) mass is 592 g/mol. The molecule has 41 heavy (non-hydrogen) atoms. The standard InChI is InChI=1S/C24H18ClN3O2S.C4H9N.C4H10O/c1-12-9-20-23(22(17(12)11-21(29)30)14-3-6-16(25)7-4-14)31-24(28-20)15-5-8-18-19(10-15)27-13(2)26-18;1-2-4-5-3-1;1-4(2,3)5/h3-10H,11H2,1-2H3,(H,26,27)(H,29,30);5H,1-4H2;5H,1-3H3. The highest BCUT2D eigenvalue weighted by atomic mass is 35.5. The van der Waals surface area contributed by atoms with Crippen LogP contribution in [0.2, 0.25) is 5.02 Å². The summed E-state index contributed by atoms with van der Waals surface area (Å²) in [5, 5.41) is 22.8. The molecule has 4 N–H and O–H groups in total. The van der Waals surface area contributed by atoms with Crippen LogP contribution in [-0.4, -0.2) is 49.8 Å². The molecule has 9 heteroatoms. The molecule has 0 spiro atoms. The van der Waals surface area contributed by atoms with Crippen molar-refractivity contribution in [2.45, 2.75) is 59.5 Å². The van der Waals surface area contributed by atoms with Gasteiger partial charge in [-0.15, -0.1) is 11.3 Å². The van der Waals surface area contributed by atoms with Crippen molar-refractivity contribution >= 4 is 50.2 Å². The third kappa shape index (κ3) is 8.36. The summed E-state index contributed by atoms with van der Waals surface area (Å²) in [7, 11) is 0. The molecule has 216 valence electrons. The minimum atomic E-state index is -0.859. The maximum atomic E-state index is 11.6. The van der Waals surface area contributed by atoms with Gasteiger partial charge in [0.05, 0.1) is 33.3 Å². The Kier molecular flexibility index (Phi) is 9.81. The number of hydrogen-bond acceptors (Lipinski definition) is 6. The van der Waals surface area contributed by atoms with Crippen molar-refractivity contribution in [2.75, 3.05) is 13.1 Å². The summed E-state index contributed by atoms with van der Waals surface area (Å²) in [5.41, 5.74) is 6.81. The fourth-order valence-electron chi connectivity index (χ4n) is 4.55. The quantitative estimate of drug-likeness (QED) is 0.171. The Balaban J connectivity index is 0.000000330. The zero-order valence-corrected chi connectivity index (χ0v) is 25.7. The lowest BCUT2D eigenvalue weighted by atomic mass is 9.93. The van der Waals surface area contributed by atoms with Gasteiger partial charge in [0, 0.05) is 16.1 Å². The first kappa shape index (κ1) is 30.7. The van der Waals surface area contributed by atoms with Crippen LogP contribution in [0.3, 0.4) is 0 Å². The molecule has 0 bridgehead atoms. The number of nitrogens with zero attached hydrogens (tertiary/aromatic N) is 2. The molecule has 0 unspecified atom stereocenters. The smallest absolute Gasteiger partial charge is 0.307 e. The Labute approximate surface area is 249 Å². The maximum Gasteiger partial charge on any atom is 0.307 e. The van der Waals surface area contributed by atoms with E-state index in [1.165, 1.54) is 25.9 Å². The van der Waals surface area contributed by atoms with Gasteiger partial charge in [-0.1, -0.05) is 23.7 Å². The van der Waals surface area contributed by atoms with Gasteiger partial charge in [-0.25, -0.2) is 9.97 Å². The number of carboxylic acid groups (broad SMARTS) is 1. The van der Waals surface area contributed by atoms with Crippen molar-refractivity contribution in [1.82, 2.24) is 20.3 Å². The van der Waals surface area contributed by atoms with Gasteiger partial charge in [0.15, 0.2) is 0 Å². The van der Waals surface area contributed by atoms with Crippen molar-refractivity contribution in [3.8, 4) is 21.7 Å². The van der Waals surface area contributed by atoms with Gasteiger partial charge in [0.25, 0.3) is 0 Å². The number of nitrogens with one attached hydrogen (secondary N) is 2. The molecule has 3 aromatic carbocycles. The number of hydrogen-bond donors (Lipinski definition) is 4. The number of benzene rings is 3. The number of aromatic nitrogens is 3. The van der Waals surface area contributed by atoms with Crippen molar-refractivity contribution in [3.63, 3.8) is 0 Å². The Morgan fingerprint density at radius 3 is 2.20 bits per heavy atom. The molecule has 0 radical (unpaired) electrons. The Morgan fingerprint density at radius 2 is 1.61 bits per heavy atom. The second kappa shape index (κ2) is 13.1. The summed E-state index contributed by atoms with van der Waals surface area (Å²) in [6, 6.07) is 15.6. The third-order valence-electron chi connectivity index (χ3n) is 6.28. The number of aryl methyl sites for hydroxylation is 2. The maximum absolute atomic E-state index is 11.6. The zero-order chi connectivity index (χ0) is 29.7. The molecule has 0 atom stereocenters. The third-order valence-corrected chi connectivity index (χ3v) is 7.67. The topological polar surface area (TPSA) is 111 Å². The largest absolute Gasteiger partial charge is 0.481 e. The Bertz CT molecular complexity index is 1630. The molecule has 3 heterocycles. The van der Waals surface area contributed by atoms with E-state index in [1.54, 1.807) is 32.1 Å². The van der Waals surface area contributed by atoms with Gasteiger partial charge < -0.3 is 20.5 Å². The van der Waals surface area contributed by atoms with Crippen LogP contribution in [-0.2, 0) is 11.2 Å². The predicted octanol–water partition coefficient (Wildman–Crippen LogP) is 7.55. The number of carbonyl (C=O) groups is 1. The first-order chi connectivity index (χ1) is 19.4. The summed E-state index contributed by atoms with van der Waals surface area (Å²) in [5.74, 6) is 0.0119. The normalized spacial score (nSPS) is 13.0. The van der Waals surface area contributed by atoms with E-state index in [4.69, 9.17) is 21.7 Å². The molecule has 2 aromatic heterocycles. The van der Waals surface area contributed by atoms with E-state index in [2.05, 4.69) is 21.4 Å². The van der Waals surface area contributed by atoms with E-state index in [9.17, 15) is 9.90 Å². The molecular formula is C32H37ClN4O3S. The minimum absolute atomic E-state index is 0.0493. The zero-order valence-electron chi connectivity index (χ0n) is 24.1. The minimum Gasteiger partial charge on any atom is -0.481 e. The summed E-state index contributed by atoms with van der Waals surface area (Å²) in [6.07, 6.45) is 2.73. The summed E-state index contributed by atoms with van der Waals surface area (Å²) < 4.78 is 0.972. The highest BCUT2D eigenvalue weighted by molar-refractivity contribution is 7.22. The van der Waals surface area contributed by atoms with Gasteiger partial charge >= 0.3 is 5.97 Å². The van der Waals surface area contributed by atoms with Crippen molar-refractivity contribution < 1.29 is 15.0 Å². The van der Waals surface area contributed by atoms with Crippen molar-refractivity contribution in [3.05, 3.63) is 70.5 Å². The number of fused-ring (bicyclic) bond motifs is 2. The molecule has 0 amide bonds. The highest BCUT2D eigenvalue weighted by Crippen LogP contribution is 2.41. The molecule has 1 aliphatic heterocycles. The van der Waals surface area contributed by atoms with E-state index in [0.29, 0.717) is 5.02 Å². The van der Waals surface area contributed by atoms with Crippen molar-refractivity contribution in [2.24, 2.45) is 0 Å². The van der Waals surface area contributed by atoms with Crippen LogP contribution in [0, 0.1) is 13.8 Å². The van der Waals surface area contributed by atoms with E-state index in [0.717, 1.165) is 59.9 Å². The van der Waals surface area contributed by atoms with Gasteiger partial charge in [0.2, 0.25) is 0 Å². The van der Waals surface area contributed by atoms with Gasteiger partial charge in [-0.3, -0.25) is 4.79 Å². The number of rotatable bonds is 4. The number of thiazole rings is 1. The number of halogens is 1. The van der Waals surface area contributed by atoms with E-state index < -0.39 is 11.6 Å². The van der Waals surface area contributed by atoms with Crippen LogP contribution in [0.5, 0.6) is 0 Å². The van der Waals surface area contributed by atoms with Gasteiger partial charge in [-0.2, -0.15) is 0 Å². The lowest BCUT2D eigenvalue weighted by Gasteiger charge is -2.13. The van der Waals surface area contributed by atoms with E-state index in [-0.39, 0.29) is 6.42 Å². The molecule has 0 aliphatic carbocycles. The van der Waals surface area contributed by atoms with Crippen LogP contribution in [0.25, 0.3) is 42.9 Å². The van der Waals surface area contributed by atoms with Crippen molar-refractivity contribution in [1.29, 1.82) is 0 Å². The summed E-state index contributed by atoms with van der Waals surface area (Å²) in [6.45, 7) is 11.6. The van der Waals surface area contributed by atoms with Crippen LogP contribution in [0.4, 0.5) is 0 Å². The highest BCUT2D eigenvalue weighted by Gasteiger charge is 2.19. The molecular weight excluding hydrogens is 556 g/mol.